The van der Waals surface area contributed by atoms with Crippen molar-refractivity contribution in [2.75, 3.05) is 11.4 Å². The van der Waals surface area contributed by atoms with Crippen LogP contribution < -0.4 is 4.90 Å². The van der Waals surface area contributed by atoms with Crippen molar-refractivity contribution in [2.45, 2.75) is 38.1 Å². The molecule has 3 rings (SSSR count). The molecule has 1 saturated carbocycles. The van der Waals surface area contributed by atoms with E-state index in [1.807, 2.05) is 0 Å². The fourth-order valence-corrected chi connectivity index (χ4v) is 3.71. The highest BCUT2D eigenvalue weighted by molar-refractivity contribution is 5.79. The molecule has 1 aliphatic carbocycles. The van der Waals surface area contributed by atoms with E-state index in [1.54, 1.807) is 12.1 Å². The number of hydrogen-bond donors (Lipinski definition) is 0. The summed E-state index contributed by atoms with van der Waals surface area (Å²) in [5.74, 6) is 0.675. The van der Waals surface area contributed by atoms with Crippen LogP contribution in [0.3, 0.4) is 0 Å². The van der Waals surface area contributed by atoms with Gasteiger partial charge in [0, 0.05) is 24.2 Å². The predicted octanol–water partition coefficient (Wildman–Crippen LogP) is 3.18. The van der Waals surface area contributed by atoms with Gasteiger partial charge in [0.05, 0.1) is 4.92 Å². The summed E-state index contributed by atoms with van der Waals surface area (Å²) in [4.78, 5) is 23.9. The SMILES string of the molecule is O=Cc1ccc(N2CCC3CCCCC32)c([N+](=O)[O-])c1. The van der Waals surface area contributed by atoms with Crippen molar-refractivity contribution in [3.8, 4) is 0 Å². The first-order valence-electron chi connectivity index (χ1n) is 7.21. The van der Waals surface area contributed by atoms with Crippen LogP contribution in [-0.4, -0.2) is 23.8 Å². The topological polar surface area (TPSA) is 63.5 Å². The first kappa shape index (κ1) is 13.1. The molecule has 1 aliphatic heterocycles. The van der Waals surface area contributed by atoms with E-state index in [4.69, 9.17) is 0 Å². The molecule has 5 nitrogen and oxygen atoms in total. The standard InChI is InChI=1S/C15H18N2O3/c18-10-11-5-6-14(15(9-11)17(19)20)16-8-7-12-3-1-2-4-13(12)16/h5-6,9-10,12-13H,1-4,7-8H2. The zero-order valence-electron chi connectivity index (χ0n) is 11.3. The molecule has 1 aromatic carbocycles. The molecule has 0 aromatic heterocycles. The molecule has 2 atom stereocenters. The second-order valence-corrected chi connectivity index (χ2v) is 5.72. The minimum atomic E-state index is -0.377. The van der Waals surface area contributed by atoms with E-state index in [2.05, 4.69) is 4.90 Å². The van der Waals surface area contributed by atoms with E-state index in [-0.39, 0.29) is 10.6 Å². The van der Waals surface area contributed by atoms with Crippen LogP contribution in [0.4, 0.5) is 11.4 Å². The van der Waals surface area contributed by atoms with Crippen LogP contribution in [0.2, 0.25) is 0 Å². The van der Waals surface area contributed by atoms with Gasteiger partial charge in [0.15, 0.2) is 0 Å². The van der Waals surface area contributed by atoms with E-state index in [0.717, 1.165) is 19.4 Å². The van der Waals surface area contributed by atoms with Crippen molar-refractivity contribution in [3.63, 3.8) is 0 Å². The van der Waals surface area contributed by atoms with Crippen molar-refractivity contribution in [3.05, 3.63) is 33.9 Å². The highest BCUT2D eigenvalue weighted by Crippen LogP contribution is 2.41. The molecule has 2 unspecified atom stereocenters. The molecular weight excluding hydrogens is 256 g/mol. The lowest BCUT2D eigenvalue weighted by atomic mass is 9.85. The van der Waals surface area contributed by atoms with Gasteiger partial charge >= 0.3 is 0 Å². The lowest BCUT2D eigenvalue weighted by Gasteiger charge is -2.32. The molecule has 0 amide bonds. The molecule has 106 valence electrons. The van der Waals surface area contributed by atoms with Crippen LogP contribution in [0.25, 0.3) is 0 Å². The maximum absolute atomic E-state index is 11.3. The third-order valence-electron chi connectivity index (χ3n) is 4.65. The summed E-state index contributed by atoms with van der Waals surface area (Å²) in [6.45, 7) is 0.886. The van der Waals surface area contributed by atoms with Gasteiger partial charge in [-0.25, -0.2) is 0 Å². The average Bonchev–Trinajstić information content (AvgIpc) is 2.90. The fourth-order valence-electron chi connectivity index (χ4n) is 3.71. The first-order valence-corrected chi connectivity index (χ1v) is 7.21. The highest BCUT2D eigenvalue weighted by Gasteiger charge is 2.38. The molecule has 2 fully saturated rings. The number of hydrogen-bond acceptors (Lipinski definition) is 4. The second kappa shape index (κ2) is 5.23. The van der Waals surface area contributed by atoms with Crippen molar-refractivity contribution in [1.82, 2.24) is 0 Å². The van der Waals surface area contributed by atoms with Crippen molar-refractivity contribution >= 4 is 17.7 Å². The van der Waals surface area contributed by atoms with Crippen LogP contribution >= 0.6 is 0 Å². The minimum absolute atomic E-state index is 0.0563. The Balaban J connectivity index is 1.97. The zero-order chi connectivity index (χ0) is 14.1. The van der Waals surface area contributed by atoms with Crippen LogP contribution in [0.5, 0.6) is 0 Å². The summed E-state index contributed by atoms with van der Waals surface area (Å²) >= 11 is 0. The van der Waals surface area contributed by atoms with Gasteiger partial charge in [0.25, 0.3) is 5.69 Å². The van der Waals surface area contributed by atoms with Crippen molar-refractivity contribution < 1.29 is 9.72 Å². The molecule has 2 aliphatic rings. The Morgan fingerprint density at radius 2 is 2.05 bits per heavy atom. The molecule has 1 saturated heterocycles. The number of fused-ring (bicyclic) bond motifs is 1. The van der Waals surface area contributed by atoms with E-state index < -0.39 is 0 Å². The molecule has 5 heteroatoms. The normalized spacial score (nSPS) is 25.3. The van der Waals surface area contributed by atoms with Gasteiger partial charge in [-0.1, -0.05) is 12.8 Å². The fraction of sp³-hybridized carbons (Fsp3) is 0.533. The monoisotopic (exact) mass is 274 g/mol. The number of nitrogens with zero attached hydrogens (tertiary/aromatic N) is 2. The average molecular weight is 274 g/mol. The summed E-state index contributed by atoms with van der Waals surface area (Å²) in [7, 11) is 0. The molecule has 0 spiro atoms. The molecule has 0 radical (unpaired) electrons. The van der Waals surface area contributed by atoms with Gasteiger partial charge < -0.3 is 4.90 Å². The highest BCUT2D eigenvalue weighted by atomic mass is 16.6. The molecular formula is C15H18N2O3. The van der Waals surface area contributed by atoms with Crippen LogP contribution in [0.1, 0.15) is 42.5 Å². The van der Waals surface area contributed by atoms with E-state index in [0.29, 0.717) is 29.5 Å². The Hall–Kier alpha value is -1.91. The van der Waals surface area contributed by atoms with E-state index in [1.165, 1.54) is 25.3 Å². The number of carbonyl (C=O) groups excluding carboxylic acids is 1. The summed E-state index contributed by atoms with van der Waals surface area (Å²) in [5, 5.41) is 11.3. The zero-order valence-corrected chi connectivity index (χ0v) is 11.3. The molecule has 1 heterocycles. The van der Waals surface area contributed by atoms with Crippen LogP contribution in [-0.2, 0) is 0 Å². The van der Waals surface area contributed by atoms with Crippen LogP contribution in [0.15, 0.2) is 18.2 Å². The van der Waals surface area contributed by atoms with Crippen molar-refractivity contribution in [1.29, 1.82) is 0 Å². The van der Waals surface area contributed by atoms with Crippen molar-refractivity contribution in [2.24, 2.45) is 5.92 Å². The quantitative estimate of drug-likeness (QED) is 0.482. The summed E-state index contributed by atoms with van der Waals surface area (Å²) in [6.07, 6.45) is 6.62. The van der Waals surface area contributed by atoms with Gasteiger partial charge in [-0.05, 0) is 37.3 Å². The number of aldehydes is 1. The maximum atomic E-state index is 11.3. The number of anilines is 1. The van der Waals surface area contributed by atoms with E-state index in [9.17, 15) is 14.9 Å². The predicted molar refractivity (Wildman–Crippen MR) is 76.2 cm³/mol. The number of nitro groups is 1. The lowest BCUT2D eigenvalue weighted by molar-refractivity contribution is -0.384. The Morgan fingerprint density at radius 3 is 2.80 bits per heavy atom. The van der Waals surface area contributed by atoms with Gasteiger partial charge in [0.1, 0.15) is 12.0 Å². The smallest absolute Gasteiger partial charge is 0.293 e. The Labute approximate surface area is 117 Å². The first-order chi connectivity index (χ1) is 9.70. The lowest BCUT2D eigenvalue weighted by Crippen LogP contribution is -2.35. The summed E-state index contributed by atoms with van der Waals surface area (Å²) < 4.78 is 0. The van der Waals surface area contributed by atoms with Gasteiger partial charge in [-0.3, -0.25) is 14.9 Å². The van der Waals surface area contributed by atoms with Gasteiger partial charge in [0.2, 0.25) is 0 Å². The molecule has 20 heavy (non-hydrogen) atoms. The Morgan fingerprint density at radius 1 is 1.25 bits per heavy atom. The van der Waals surface area contributed by atoms with Gasteiger partial charge in [-0.15, -0.1) is 0 Å². The third-order valence-corrected chi connectivity index (χ3v) is 4.65. The number of rotatable bonds is 3. The second-order valence-electron chi connectivity index (χ2n) is 5.72. The Kier molecular flexibility index (Phi) is 3.42. The summed E-state index contributed by atoms with van der Waals surface area (Å²) in [6, 6.07) is 5.23. The number of carbonyl (C=O) groups is 1. The summed E-state index contributed by atoms with van der Waals surface area (Å²) in [5.41, 5.74) is 1.09. The Bertz CT molecular complexity index is 544. The largest absolute Gasteiger partial charge is 0.363 e. The minimum Gasteiger partial charge on any atom is -0.363 e. The third kappa shape index (κ3) is 2.17. The van der Waals surface area contributed by atoms with E-state index >= 15 is 0 Å². The van der Waals surface area contributed by atoms with Crippen LogP contribution in [0, 0.1) is 16.0 Å². The number of benzene rings is 1. The molecule has 0 N–H and O–H groups in total. The number of nitro benzene ring substituents is 1. The van der Waals surface area contributed by atoms with Gasteiger partial charge in [-0.2, -0.15) is 0 Å². The molecule has 0 bridgehead atoms. The maximum Gasteiger partial charge on any atom is 0.293 e. The molecule has 1 aromatic rings.